The van der Waals surface area contributed by atoms with E-state index in [2.05, 4.69) is 15.3 Å². The van der Waals surface area contributed by atoms with Crippen molar-refractivity contribution in [2.75, 3.05) is 32.7 Å². The number of rotatable bonds is 4. The van der Waals surface area contributed by atoms with Crippen LogP contribution >= 0.6 is 0 Å². The van der Waals surface area contributed by atoms with Gasteiger partial charge in [-0.05, 0) is 26.0 Å². The number of benzene rings is 1. The van der Waals surface area contributed by atoms with Gasteiger partial charge < -0.3 is 15.1 Å². The summed E-state index contributed by atoms with van der Waals surface area (Å²) in [5, 5.41) is 2.68. The van der Waals surface area contributed by atoms with Gasteiger partial charge in [-0.1, -0.05) is 17.2 Å². The van der Waals surface area contributed by atoms with Gasteiger partial charge in [0.2, 0.25) is 5.91 Å². The molecule has 28 heavy (non-hydrogen) atoms. The largest absolute Gasteiger partial charge is 0.343 e. The highest BCUT2D eigenvalue weighted by molar-refractivity contribution is 5.97. The molecule has 1 aliphatic rings. The molecule has 146 valence electrons. The van der Waals surface area contributed by atoms with Gasteiger partial charge in [-0.15, -0.1) is 0 Å². The number of carbonyl (C=O) groups excluding carboxylic acids is 3. The summed E-state index contributed by atoms with van der Waals surface area (Å²) in [6.45, 7) is 5.48. The predicted octanol–water partition coefficient (Wildman–Crippen LogP) is 0.808. The molecule has 2 heterocycles. The van der Waals surface area contributed by atoms with Crippen molar-refractivity contribution in [3.8, 4) is 0 Å². The van der Waals surface area contributed by atoms with E-state index in [4.69, 9.17) is 0 Å². The van der Waals surface area contributed by atoms with Gasteiger partial charge in [0.05, 0.1) is 12.7 Å². The van der Waals surface area contributed by atoms with E-state index < -0.39 is 0 Å². The second kappa shape index (κ2) is 8.60. The van der Waals surface area contributed by atoms with Crippen molar-refractivity contribution < 1.29 is 14.4 Å². The molecule has 1 N–H and O–H groups in total. The SMILES string of the molecule is Cc1cc(C)cc(C(=O)NCC(=O)N2CCN(C(=O)c3cnccn3)CC2)c1. The van der Waals surface area contributed by atoms with Crippen LogP contribution in [0.1, 0.15) is 32.0 Å². The molecule has 8 heteroatoms. The van der Waals surface area contributed by atoms with Crippen LogP contribution in [0.15, 0.2) is 36.8 Å². The lowest BCUT2D eigenvalue weighted by molar-refractivity contribution is -0.131. The molecule has 3 amide bonds. The third-order valence-electron chi connectivity index (χ3n) is 4.59. The highest BCUT2D eigenvalue weighted by Crippen LogP contribution is 2.09. The van der Waals surface area contributed by atoms with Crippen LogP contribution in [0.3, 0.4) is 0 Å². The first kappa shape index (κ1) is 19.5. The molecule has 1 fully saturated rings. The van der Waals surface area contributed by atoms with Gasteiger partial charge in [0, 0.05) is 44.1 Å². The summed E-state index contributed by atoms with van der Waals surface area (Å²) >= 11 is 0. The first-order valence-electron chi connectivity index (χ1n) is 9.13. The smallest absolute Gasteiger partial charge is 0.274 e. The Morgan fingerprint density at radius 2 is 1.61 bits per heavy atom. The fraction of sp³-hybridized carbons (Fsp3) is 0.350. The van der Waals surface area contributed by atoms with Crippen molar-refractivity contribution in [2.24, 2.45) is 0 Å². The number of nitrogens with zero attached hydrogens (tertiary/aromatic N) is 4. The Balaban J connectivity index is 1.49. The Morgan fingerprint density at radius 3 is 2.21 bits per heavy atom. The molecular formula is C20H23N5O3. The molecule has 0 radical (unpaired) electrons. The van der Waals surface area contributed by atoms with Crippen molar-refractivity contribution in [2.45, 2.75) is 13.8 Å². The summed E-state index contributed by atoms with van der Waals surface area (Å²) in [7, 11) is 0. The molecule has 0 unspecified atom stereocenters. The third-order valence-corrected chi connectivity index (χ3v) is 4.59. The van der Waals surface area contributed by atoms with E-state index in [1.165, 1.54) is 18.6 Å². The van der Waals surface area contributed by atoms with Crippen molar-refractivity contribution >= 4 is 17.7 Å². The molecule has 3 rings (SSSR count). The summed E-state index contributed by atoms with van der Waals surface area (Å²) in [6, 6.07) is 5.58. The summed E-state index contributed by atoms with van der Waals surface area (Å²) in [4.78, 5) is 48.3. The Hall–Kier alpha value is -3.29. The molecule has 0 atom stereocenters. The molecule has 0 spiro atoms. The molecule has 1 saturated heterocycles. The fourth-order valence-electron chi connectivity index (χ4n) is 3.21. The van der Waals surface area contributed by atoms with Crippen LogP contribution in [-0.2, 0) is 4.79 Å². The molecular weight excluding hydrogens is 358 g/mol. The maximum absolute atomic E-state index is 12.4. The minimum atomic E-state index is -0.267. The number of aromatic nitrogens is 2. The molecule has 0 bridgehead atoms. The number of hydrogen-bond donors (Lipinski definition) is 1. The second-order valence-electron chi connectivity index (χ2n) is 6.82. The second-order valence-corrected chi connectivity index (χ2v) is 6.82. The number of nitrogens with one attached hydrogen (secondary N) is 1. The van der Waals surface area contributed by atoms with Gasteiger partial charge in [-0.2, -0.15) is 0 Å². The highest BCUT2D eigenvalue weighted by atomic mass is 16.2. The van der Waals surface area contributed by atoms with Gasteiger partial charge in [0.15, 0.2) is 0 Å². The van der Waals surface area contributed by atoms with E-state index in [-0.39, 0.29) is 24.3 Å². The lowest BCUT2D eigenvalue weighted by Crippen LogP contribution is -2.52. The lowest BCUT2D eigenvalue weighted by atomic mass is 10.1. The van der Waals surface area contributed by atoms with E-state index in [9.17, 15) is 14.4 Å². The lowest BCUT2D eigenvalue weighted by Gasteiger charge is -2.34. The molecule has 1 aromatic carbocycles. The molecule has 1 aliphatic heterocycles. The van der Waals surface area contributed by atoms with E-state index >= 15 is 0 Å². The zero-order chi connectivity index (χ0) is 20.1. The minimum absolute atomic E-state index is 0.0655. The van der Waals surface area contributed by atoms with Crippen LogP contribution in [0.4, 0.5) is 0 Å². The van der Waals surface area contributed by atoms with Crippen molar-refractivity contribution in [3.05, 3.63) is 59.2 Å². The van der Waals surface area contributed by atoms with Crippen molar-refractivity contribution in [1.29, 1.82) is 0 Å². The number of hydrogen-bond acceptors (Lipinski definition) is 5. The average Bonchev–Trinajstić information content (AvgIpc) is 2.71. The van der Waals surface area contributed by atoms with E-state index in [1.807, 2.05) is 19.9 Å². The molecule has 8 nitrogen and oxygen atoms in total. The van der Waals surface area contributed by atoms with Crippen molar-refractivity contribution in [3.63, 3.8) is 0 Å². The van der Waals surface area contributed by atoms with Crippen LogP contribution < -0.4 is 5.32 Å². The summed E-state index contributed by atoms with van der Waals surface area (Å²) in [6.07, 6.45) is 4.42. The molecule has 2 aromatic rings. The van der Waals surface area contributed by atoms with E-state index in [0.717, 1.165) is 11.1 Å². The monoisotopic (exact) mass is 381 g/mol. The van der Waals surface area contributed by atoms with Gasteiger partial charge in [-0.25, -0.2) is 4.98 Å². The van der Waals surface area contributed by atoms with Gasteiger partial charge in [0.25, 0.3) is 11.8 Å². The van der Waals surface area contributed by atoms with Gasteiger partial charge in [0.1, 0.15) is 5.69 Å². The Morgan fingerprint density at radius 1 is 0.964 bits per heavy atom. The summed E-state index contributed by atoms with van der Waals surface area (Å²) in [5.41, 5.74) is 2.84. The van der Waals surface area contributed by atoms with Crippen LogP contribution in [0.5, 0.6) is 0 Å². The number of piperazine rings is 1. The number of aryl methyl sites for hydroxylation is 2. The average molecular weight is 381 g/mol. The normalized spacial score (nSPS) is 13.9. The quantitative estimate of drug-likeness (QED) is 0.846. The maximum atomic E-state index is 12.4. The number of amides is 3. The van der Waals surface area contributed by atoms with Crippen LogP contribution in [-0.4, -0.2) is 70.2 Å². The van der Waals surface area contributed by atoms with Crippen LogP contribution in [0.2, 0.25) is 0 Å². The highest BCUT2D eigenvalue weighted by Gasteiger charge is 2.25. The van der Waals surface area contributed by atoms with E-state index in [0.29, 0.717) is 37.4 Å². The Kier molecular flexibility index (Phi) is 5.98. The summed E-state index contributed by atoms with van der Waals surface area (Å²) in [5.74, 6) is -0.621. The first-order chi connectivity index (χ1) is 13.4. The van der Waals surface area contributed by atoms with Crippen LogP contribution in [0, 0.1) is 13.8 Å². The maximum Gasteiger partial charge on any atom is 0.274 e. The molecule has 0 aliphatic carbocycles. The van der Waals surface area contributed by atoms with Gasteiger partial charge >= 0.3 is 0 Å². The first-order valence-corrected chi connectivity index (χ1v) is 9.13. The van der Waals surface area contributed by atoms with Crippen LogP contribution in [0.25, 0.3) is 0 Å². The molecule has 0 saturated carbocycles. The van der Waals surface area contributed by atoms with Gasteiger partial charge in [-0.3, -0.25) is 19.4 Å². The summed E-state index contributed by atoms with van der Waals surface area (Å²) < 4.78 is 0. The standard InChI is InChI=1S/C20H23N5O3/c1-14-9-15(2)11-16(10-14)19(27)23-13-18(26)24-5-7-25(8-6-24)20(28)17-12-21-3-4-22-17/h3-4,9-12H,5-8,13H2,1-2H3,(H,23,27). The van der Waals surface area contributed by atoms with Crippen molar-refractivity contribution in [1.82, 2.24) is 25.1 Å². The van der Waals surface area contributed by atoms with E-state index in [1.54, 1.807) is 21.9 Å². The predicted molar refractivity (Wildman–Crippen MR) is 103 cm³/mol. The Labute approximate surface area is 163 Å². The third kappa shape index (κ3) is 4.70. The number of carbonyl (C=O) groups is 3. The zero-order valence-corrected chi connectivity index (χ0v) is 16.0. The minimum Gasteiger partial charge on any atom is -0.343 e. The zero-order valence-electron chi connectivity index (χ0n) is 16.0. The molecule has 1 aromatic heterocycles. The Bertz CT molecular complexity index is 856. The fourth-order valence-corrected chi connectivity index (χ4v) is 3.21. The topological polar surface area (TPSA) is 95.5 Å².